The van der Waals surface area contributed by atoms with E-state index in [1.807, 2.05) is 0 Å². The van der Waals surface area contributed by atoms with E-state index < -0.39 is 29.3 Å². The van der Waals surface area contributed by atoms with Crippen LogP contribution in [0.15, 0.2) is 43.0 Å². The highest BCUT2D eigenvalue weighted by molar-refractivity contribution is 6.05. The van der Waals surface area contributed by atoms with Crippen LogP contribution in [-0.2, 0) is 6.18 Å². The van der Waals surface area contributed by atoms with Gasteiger partial charge in [0.2, 0.25) is 0 Å². The SMILES string of the molecule is Cc1c(C(=O)Nc2cnc(-n3nccn3)c(C(F)(F)F)c2)cnn1-c1ccc(F)c(N)n1. The van der Waals surface area contributed by atoms with Crippen molar-refractivity contribution in [1.82, 2.24) is 34.7 Å². The smallest absolute Gasteiger partial charge is 0.381 e. The largest absolute Gasteiger partial charge is 0.420 e. The summed E-state index contributed by atoms with van der Waals surface area (Å²) in [7, 11) is 0. The van der Waals surface area contributed by atoms with E-state index in [1.54, 1.807) is 0 Å². The van der Waals surface area contributed by atoms with E-state index >= 15 is 0 Å². The van der Waals surface area contributed by atoms with E-state index in [9.17, 15) is 22.4 Å². The van der Waals surface area contributed by atoms with Gasteiger partial charge in [0.25, 0.3) is 5.91 Å². The van der Waals surface area contributed by atoms with Crippen LogP contribution in [0.5, 0.6) is 0 Å². The maximum Gasteiger partial charge on any atom is 0.420 e. The Morgan fingerprint density at radius 3 is 2.50 bits per heavy atom. The molecule has 0 aliphatic carbocycles. The van der Waals surface area contributed by atoms with E-state index in [4.69, 9.17) is 5.73 Å². The maximum atomic E-state index is 13.5. The molecule has 4 aromatic heterocycles. The number of nitrogens with zero attached hydrogens (tertiary/aromatic N) is 7. The summed E-state index contributed by atoms with van der Waals surface area (Å²) in [6, 6.07) is 3.14. The van der Waals surface area contributed by atoms with Gasteiger partial charge >= 0.3 is 6.18 Å². The van der Waals surface area contributed by atoms with Gasteiger partial charge in [-0.15, -0.1) is 4.80 Å². The van der Waals surface area contributed by atoms with Gasteiger partial charge in [-0.05, 0) is 25.1 Å². The lowest BCUT2D eigenvalue weighted by molar-refractivity contribution is -0.137. The number of alkyl halides is 3. The molecule has 0 aromatic carbocycles. The van der Waals surface area contributed by atoms with Crippen molar-refractivity contribution in [2.75, 3.05) is 11.1 Å². The zero-order valence-electron chi connectivity index (χ0n) is 16.2. The molecule has 4 rings (SSSR count). The zero-order chi connectivity index (χ0) is 23.0. The van der Waals surface area contributed by atoms with Crippen molar-refractivity contribution in [3.8, 4) is 11.6 Å². The molecule has 0 radical (unpaired) electrons. The Kier molecular flexibility index (Phi) is 5.04. The minimum absolute atomic E-state index is 0.0566. The van der Waals surface area contributed by atoms with Gasteiger partial charge < -0.3 is 11.1 Å². The third-order valence-electron chi connectivity index (χ3n) is 4.37. The Morgan fingerprint density at radius 1 is 1.12 bits per heavy atom. The molecule has 14 heteroatoms. The lowest BCUT2D eigenvalue weighted by Gasteiger charge is -2.13. The van der Waals surface area contributed by atoms with Gasteiger partial charge in [-0.2, -0.15) is 28.5 Å². The second-order valence-electron chi connectivity index (χ2n) is 6.46. The molecule has 0 unspecified atom stereocenters. The van der Waals surface area contributed by atoms with Gasteiger partial charge in [-0.3, -0.25) is 4.79 Å². The number of hydrogen-bond acceptors (Lipinski definition) is 7. The molecule has 3 N–H and O–H groups in total. The fourth-order valence-corrected chi connectivity index (χ4v) is 2.85. The number of pyridine rings is 2. The highest BCUT2D eigenvalue weighted by atomic mass is 19.4. The standard InChI is InChI=1S/C18H13F4N9O/c1-9-11(8-27-30(9)14-3-2-13(19)15(23)29-14)17(32)28-10-6-12(18(20,21)22)16(24-7-10)31-25-4-5-26-31/h2-8H,1H3,(H2,23,29)(H,28,32). The van der Waals surface area contributed by atoms with E-state index in [0.29, 0.717) is 5.69 Å². The van der Waals surface area contributed by atoms with Gasteiger partial charge in [0.15, 0.2) is 23.3 Å². The molecule has 1 amide bonds. The summed E-state index contributed by atoms with van der Waals surface area (Å²) in [6.07, 6.45) is -0.103. The van der Waals surface area contributed by atoms with Crippen LogP contribution >= 0.6 is 0 Å². The number of amides is 1. The van der Waals surface area contributed by atoms with Crippen molar-refractivity contribution in [3.63, 3.8) is 0 Å². The summed E-state index contributed by atoms with van der Waals surface area (Å²) >= 11 is 0. The molecule has 0 saturated carbocycles. The van der Waals surface area contributed by atoms with Gasteiger partial charge in [0.1, 0.15) is 5.56 Å². The number of halogens is 4. The molecule has 32 heavy (non-hydrogen) atoms. The van der Waals surface area contributed by atoms with Crippen molar-refractivity contribution in [3.05, 3.63) is 65.6 Å². The Balaban J connectivity index is 1.63. The molecule has 0 aliphatic heterocycles. The van der Waals surface area contributed by atoms with Crippen LogP contribution in [0.4, 0.5) is 29.1 Å². The molecular formula is C18H13F4N9O. The second-order valence-corrected chi connectivity index (χ2v) is 6.46. The van der Waals surface area contributed by atoms with E-state index in [-0.39, 0.29) is 22.9 Å². The van der Waals surface area contributed by atoms with Gasteiger partial charge in [-0.25, -0.2) is 19.0 Å². The minimum Gasteiger partial charge on any atom is -0.381 e. The summed E-state index contributed by atoms with van der Waals surface area (Å²) < 4.78 is 55.1. The number of carbonyl (C=O) groups excluding carboxylic acids is 1. The maximum absolute atomic E-state index is 13.5. The first kappa shape index (κ1) is 20.9. The molecular weight excluding hydrogens is 434 g/mol. The van der Waals surface area contributed by atoms with Crippen LogP contribution in [-0.4, -0.2) is 40.6 Å². The van der Waals surface area contributed by atoms with Crippen LogP contribution in [0.25, 0.3) is 11.6 Å². The normalized spacial score (nSPS) is 11.5. The summed E-state index contributed by atoms with van der Waals surface area (Å²) in [5.74, 6) is -2.16. The first-order chi connectivity index (χ1) is 15.1. The lowest BCUT2D eigenvalue weighted by Crippen LogP contribution is -2.17. The van der Waals surface area contributed by atoms with Crippen molar-refractivity contribution >= 4 is 17.4 Å². The predicted octanol–water partition coefficient (Wildman–Crippen LogP) is 2.54. The number of hydrogen-bond donors (Lipinski definition) is 2. The Labute approximate surface area is 176 Å². The number of nitrogens with two attached hydrogens (primary N) is 1. The van der Waals surface area contributed by atoms with Crippen LogP contribution in [0.3, 0.4) is 0 Å². The first-order valence-corrected chi connectivity index (χ1v) is 8.87. The average molecular weight is 447 g/mol. The highest BCUT2D eigenvalue weighted by Gasteiger charge is 2.36. The molecule has 164 valence electrons. The van der Waals surface area contributed by atoms with Crippen LogP contribution < -0.4 is 11.1 Å². The van der Waals surface area contributed by atoms with Crippen LogP contribution in [0, 0.1) is 12.7 Å². The monoisotopic (exact) mass is 447 g/mol. The first-order valence-electron chi connectivity index (χ1n) is 8.87. The molecule has 4 heterocycles. The van der Waals surface area contributed by atoms with Crippen molar-refractivity contribution < 1.29 is 22.4 Å². The average Bonchev–Trinajstić information content (AvgIpc) is 3.39. The molecule has 0 bridgehead atoms. The Bertz CT molecular complexity index is 1300. The van der Waals surface area contributed by atoms with Crippen molar-refractivity contribution in [2.24, 2.45) is 0 Å². The molecule has 0 atom stereocenters. The van der Waals surface area contributed by atoms with E-state index in [1.165, 1.54) is 36.3 Å². The molecule has 0 fully saturated rings. The number of anilines is 2. The van der Waals surface area contributed by atoms with E-state index in [2.05, 4.69) is 30.6 Å². The third-order valence-corrected chi connectivity index (χ3v) is 4.37. The Hall–Kier alpha value is -4.36. The third kappa shape index (κ3) is 3.84. The quantitative estimate of drug-likeness (QED) is 0.460. The summed E-state index contributed by atoms with van der Waals surface area (Å²) in [4.78, 5) is 21.0. The number of carbonyl (C=O) groups is 1. The summed E-state index contributed by atoms with van der Waals surface area (Å²) in [5, 5.41) is 13.7. The number of aromatic nitrogens is 7. The lowest BCUT2D eigenvalue weighted by atomic mass is 10.2. The van der Waals surface area contributed by atoms with Gasteiger partial charge in [-0.1, -0.05) is 0 Å². The summed E-state index contributed by atoms with van der Waals surface area (Å²) in [6.45, 7) is 1.54. The van der Waals surface area contributed by atoms with Gasteiger partial charge in [0.05, 0.1) is 41.7 Å². The minimum atomic E-state index is -4.77. The van der Waals surface area contributed by atoms with Crippen LogP contribution in [0.2, 0.25) is 0 Å². The molecule has 0 saturated heterocycles. The Morgan fingerprint density at radius 2 is 1.84 bits per heavy atom. The molecule has 0 aliphatic rings. The molecule has 0 spiro atoms. The number of nitrogens with one attached hydrogen (secondary N) is 1. The number of nitrogen functional groups attached to an aromatic ring is 1. The fraction of sp³-hybridized carbons (Fsp3) is 0.111. The summed E-state index contributed by atoms with van der Waals surface area (Å²) in [5.41, 5.74) is 4.49. The van der Waals surface area contributed by atoms with Crippen molar-refractivity contribution in [1.29, 1.82) is 0 Å². The zero-order valence-corrected chi connectivity index (χ0v) is 16.2. The topological polar surface area (TPSA) is 129 Å². The van der Waals surface area contributed by atoms with E-state index in [0.717, 1.165) is 23.1 Å². The van der Waals surface area contributed by atoms with Crippen LogP contribution in [0.1, 0.15) is 21.6 Å². The molecule has 10 nitrogen and oxygen atoms in total. The predicted molar refractivity (Wildman–Crippen MR) is 103 cm³/mol. The number of rotatable bonds is 4. The van der Waals surface area contributed by atoms with Gasteiger partial charge in [0, 0.05) is 0 Å². The van der Waals surface area contributed by atoms with Crippen molar-refractivity contribution in [2.45, 2.75) is 13.1 Å². The highest BCUT2D eigenvalue weighted by Crippen LogP contribution is 2.34. The fourth-order valence-electron chi connectivity index (χ4n) is 2.85. The molecule has 4 aromatic rings. The second kappa shape index (κ2) is 7.72.